The first-order valence-electron chi connectivity index (χ1n) is 37.0. The minimum absolute atomic E-state index is 0.139. The topological polar surface area (TPSA) is 111 Å². The summed E-state index contributed by atoms with van der Waals surface area (Å²) in [4.78, 5) is 37.5. The monoisotopic (exact) mass is 1260 g/mol. The van der Waals surface area contributed by atoms with Crippen LogP contribution in [-0.2, 0) is 33.3 Å². The molecule has 0 aromatic rings. The zero-order valence-electron chi connectivity index (χ0n) is 59.2. The lowest BCUT2D eigenvalue weighted by Gasteiger charge is -2.26. The molecule has 0 aliphatic rings. The quantitative estimate of drug-likeness (QED) is 0.0195. The van der Waals surface area contributed by atoms with Crippen LogP contribution in [0.15, 0.2) is 146 Å². The van der Waals surface area contributed by atoms with Crippen molar-refractivity contribution in [1.29, 1.82) is 0 Å². The smallest absolute Gasteiger partial charge is 0.306 e. The van der Waals surface area contributed by atoms with Crippen molar-refractivity contribution in [3.63, 3.8) is 0 Å². The van der Waals surface area contributed by atoms with E-state index in [1.165, 1.54) is 148 Å². The Balaban J connectivity index is 4.17. The molecule has 518 valence electrons. The standard InChI is InChI=1S/C82H137NO8/c1-6-8-10-12-14-16-18-20-22-24-26-28-30-32-33-34-35-36-37-38-39-40-41-42-43-44-45-46-47-49-51-53-55-57-59-61-63-65-67-69-71-73-80(85)91-78(77-90-82(81(86)87)88-75-74-83(3,4)5)76-89-79(84)72-70-68-66-64-62-60-58-56-54-52-50-48-31-29-27-25-23-21-19-17-15-13-11-9-7-2/h8,10,14,16,20,22,25-28,32-33,35-36,38-39,41-42,44-45,47,49,53,55,78,82H,6-7,9,11-13,15,17-19,21,23-24,29-31,34,37,40,43,46,48,50-52,54,56-77H2,1-5H3/b10-8-,16-14-,22-20-,27-25-,28-26-,33-32-,36-35-,39-38-,42-41-,45-44-,49-47-,55-53-. The molecular formula is C82H137NO8. The fourth-order valence-corrected chi connectivity index (χ4v) is 9.95. The molecule has 0 rings (SSSR count). The number of ether oxygens (including phenoxy) is 4. The van der Waals surface area contributed by atoms with Gasteiger partial charge in [-0.3, -0.25) is 9.59 Å². The normalized spacial score (nSPS) is 13.5. The van der Waals surface area contributed by atoms with Crippen molar-refractivity contribution in [2.24, 2.45) is 0 Å². The van der Waals surface area contributed by atoms with Gasteiger partial charge in [-0.1, -0.05) is 307 Å². The van der Waals surface area contributed by atoms with Crippen LogP contribution in [0.4, 0.5) is 0 Å². The van der Waals surface area contributed by atoms with Crippen LogP contribution < -0.4 is 5.11 Å². The number of likely N-dealkylation sites (N-methyl/N-ethyl adjacent to an activating group) is 1. The third-order valence-corrected chi connectivity index (χ3v) is 15.6. The lowest BCUT2D eigenvalue weighted by Crippen LogP contribution is -2.44. The van der Waals surface area contributed by atoms with Crippen molar-refractivity contribution in [3.8, 4) is 0 Å². The Morgan fingerprint density at radius 2 is 0.626 bits per heavy atom. The van der Waals surface area contributed by atoms with Crippen molar-refractivity contribution >= 4 is 17.9 Å². The van der Waals surface area contributed by atoms with Gasteiger partial charge in [0.15, 0.2) is 12.4 Å². The molecule has 0 radical (unpaired) electrons. The van der Waals surface area contributed by atoms with Gasteiger partial charge >= 0.3 is 11.9 Å². The molecule has 2 unspecified atom stereocenters. The molecule has 2 atom stereocenters. The van der Waals surface area contributed by atoms with E-state index < -0.39 is 24.3 Å². The number of aliphatic carboxylic acids is 1. The molecule has 0 aliphatic carbocycles. The van der Waals surface area contributed by atoms with Gasteiger partial charge in [0.2, 0.25) is 0 Å². The van der Waals surface area contributed by atoms with Crippen LogP contribution in [0, 0.1) is 0 Å². The summed E-state index contributed by atoms with van der Waals surface area (Å²) in [5.74, 6) is -2.30. The summed E-state index contributed by atoms with van der Waals surface area (Å²) in [5.41, 5.74) is 0. The maximum absolute atomic E-state index is 12.9. The number of rotatable bonds is 67. The Kier molecular flexibility index (Phi) is 67.3. The van der Waals surface area contributed by atoms with E-state index in [9.17, 15) is 19.5 Å². The van der Waals surface area contributed by atoms with Crippen LogP contribution >= 0.6 is 0 Å². The first-order valence-corrected chi connectivity index (χ1v) is 37.0. The van der Waals surface area contributed by atoms with Gasteiger partial charge in [-0.25, -0.2) is 0 Å². The zero-order chi connectivity index (χ0) is 66.1. The number of carbonyl (C=O) groups excluding carboxylic acids is 3. The second-order valence-corrected chi connectivity index (χ2v) is 25.5. The van der Waals surface area contributed by atoms with Crippen molar-refractivity contribution < 1.29 is 42.9 Å². The van der Waals surface area contributed by atoms with Gasteiger partial charge in [0.05, 0.1) is 40.3 Å². The lowest BCUT2D eigenvalue weighted by atomic mass is 10.0. The first kappa shape index (κ1) is 86.2. The van der Waals surface area contributed by atoms with E-state index >= 15 is 0 Å². The van der Waals surface area contributed by atoms with Gasteiger partial charge in [-0.15, -0.1) is 0 Å². The Labute approximate surface area is 560 Å². The largest absolute Gasteiger partial charge is 0.545 e. The molecule has 9 heteroatoms. The van der Waals surface area contributed by atoms with Gasteiger partial charge in [0.25, 0.3) is 0 Å². The zero-order valence-corrected chi connectivity index (χ0v) is 59.2. The predicted molar refractivity (Wildman–Crippen MR) is 389 cm³/mol. The number of quaternary nitrogens is 1. The molecule has 0 saturated carbocycles. The molecule has 0 saturated heterocycles. The summed E-state index contributed by atoms with van der Waals surface area (Å²) < 4.78 is 22.8. The van der Waals surface area contributed by atoms with E-state index in [4.69, 9.17) is 18.9 Å². The van der Waals surface area contributed by atoms with Crippen LogP contribution in [0.1, 0.15) is 296 Å². The number of nitrogens with zero attached hydrogens (tertiary/aromatic N) is 1. The van der Waals surface area contributed by atoms with Crippen molar-refractivity contribution in [1.82, 2.24) is 0 Å². The number of carboxylic acid groups (broad SMARTS) is 1. The van der Waals surface area contributed by atoms with E-state index in [1.54, 1.807) is 0 Å². The number of carboxylic acids is 1. The summed E-state index contributed by atoms with van der Waals surface area (Å²) >= 11 is 0. The van der Waals surface area contributed by atoms with Crippen molar-refractivity contribution in [3.05, 3.63) is 146 Å². The number of carbonyl (C=O) groups is 3. The van der Waals surface area contributed by atoms with Crippen molar-refractivity contribution in [2.75, 3.05) is 47.5 Å². The highest BCUT2D eigenvalue weighted by molar-refractivity contribution is 5.70. The van der Waals surface area contributed by atoms with E-state index in [-0.39, 0.29) is 38.6 Å². The molecule has 0 fully saturated rings. The molecule has 0 aromatic heterocycles. The summed E-state index contributed by atoms with van der Waals surface area (Å²) in [6.07, 6.45) is 101. The maximum Gasteiger partial charge on any atom is 0.306 e. The molecule has 0 aromatic carbocycles. The Morgan fingerprint density at radius 1 is 0.341 bits per heavy atom. The minimum atomic E-state index is -1.63. The summed E-state index contributed by atoms with van der Waals surface area (Å²) in [5, 5.41) is 11.8. The van der Waals surface area contributed by atoms with E-state index in [1.807, 2.05) is 21.1 Å². The Bertz CT molecular complexity index is 2010. The number of allylic oxidation sites excluding steroid dienone is 24. The highest BCUT2D eigenvalue weighted by Crippen LogP contribution is 2.17. The average Bonchev–Trinajstić information content (AvgIpc) is 3.53. The van der Waals surface area contributed by atoms with Crippen LogP contribution in [0.25, 0.3) is 0 Å². The number of hydrogen-bond acceptors (Lipinski definition) is 8. The molecule has 0 bridgehead atoms. The molecule has 0 amide bonds. The number of esters is 2. The number of unbranched alkanes of at least 4 members (excludes halogenated alkanes) is 28. The average molecular weight is 1260 g/mol. The molecule has 91 heavy (non-hydrogen) atoms. The van der Waals surface area contributed by atoms with Gasteiger partial charge < -0.3 is 33.3 Å². The highest BCUT2D eigenvalue weighted by Gasteiger charge is 2.22. The minimum Gasteiger partial charge on any atom is -0.545 e. The lowest BCUT2D eigenvalue weighted by molar-refractivity contribution is -0.870. The van der Waals surface area contributed by atoms with Gasteiger partial charge in [0.1, 0.15) is 13.2 Å². The van der Waals surface area contributed by atoms with Crippen LogP contribution in [-0.4, -0.2) is 82.3 Å². The summed E-state index contributed by atoms with van der Waals surface area (Å²) in [6.45, 7) is 4.63. The van der Waals surface area contributed by atoms with Crippen molar-refractivity contribution in [2.45, 2.75) is 309 Å². The third-order valence-electron chi connectivity index (χ3n) is 15.6. The van der Waals surface area contributed by atoms with Gasteiger partial charge in [-0.05, 0) is 122 Å². The first-order chi connectivity index (χ1) is 44.6. The SMILES string of the molecule is CC/C=C\C/C=C\C/C=C\C/C=C\C/C=C\C/C=C\C/C=C\C/C=C\C/C=C\C/C=C\C/C=C\CCCCCCCCCC(=O)OC(COC(=O)CCCCCCCCCCCCCCC/C=C\CCCCCCCCCC)COC(OCC[N+](C)(C)C)C(=O)[O-]. The van der Waals surface area contributed by atoms with E-state index in [2.05, 4.69) is 160 Å². The Morgan fingerprint density at radius 3 is 0.945 bits per heavy atom. The Hall–Kier alpha value is -4.83. The molecule has 9 nitrogen and oxygen atoms in total. The highest BCUT2D eigenvalue weighted by atomic mass is 16.7. The fourth-order valence-electron chi connectivity index (χ4n) is 9.95. The molecule has 0 heterocycles. The van der Waals surface area contributed by atoms with Crippen LogP contribution in [0.5, 0.6) is 0 Å². The van der Waals surface area contributed by atoms with E-state index in [0.717, 1.165) is 116 Å². The van der Waals surface area contributed by atoms with Crippen LogP contribution in [0.2, 0.25) is 0 Å². The third kappa shape index (κ3) is 72.5. The van der Waals surface area contributed by atoms with Gasteiger partial charge in [0, 0.05) is 12.8 Å². The maximum atomic E-state index is 12.9. The predicted octanol–water partition coefficient (Wildman–Crippen LogP) is 22.1. The molecular weight excluding hydrogens is 1130 g/mol. The van der Waals surface area contributed by atoms with Gasteiger partial charge in [-0.2, -0.15) is 0 Å². The molecule has 0 aliphatic heterocycles. The fraction of sp³-hybridized carbons (Fsp3) is 0.671. The second kappa shape index (κ2) is 71.0. The second-order valence-electron chi connectivity index (χ2n) is 25.5. The van der Waals surface area contributed by atoms with E-state index in [0.29, 0.717) is 17.4 Å². The molecule has 0 N–H and O–H groups in total. The number of hydrogen-bond donors (Lipinski definition) is 0. The summed E-state index contributed by atoms with van der Waals surface area (Å²) in [6, 6.07) is 0. The molecule has 0 spiro atoms. The summed E-state index contributed by atoms with van der Waals surface area (Å²) in [7, 11) is 5.92. The van der Waals surface area contributed by atoms with Crippen LogP contribution in [0.3, 0.4) is 0 Å².